The average molecular weight is 488 g/mol. The van der Waals surface area contributed by atoms with Crippen molar-refractivity contribution in [1.29, 1.82) is 0 Å². The molecule has 3 aromatic heterocycles. The molecule has 1 unspecified atom stereocenters. The molecular weight excluding hydrogens is 462 g/mol. The van der Waals surface area contributed by atoms with Gasteiger partial charge < -0.3 is 5.32 Å². The van der Waals surface area contributed by atoms with Gasteiger partial charge in [-0.25, -0.2) is 4.57 Å². The van der Waals surface area contributed by atoms with E-state index in [2.05, 4.69) is 20.6 Å². The van der Waals surface area contributed by atoms with E-state index in [9.17, 15) is 9.59 Å². The zero-order valence-corrected chi connectivity index (χ0v) is 20.9. The zero-order valence-electron chi connectivity index (χ0n) is 20.1. The van der Waals surface area contributed by atoms with Gasteiger partial charge in [-0.15, -0.1) is 10.2 Å². The Balaban J connectivity index is 1.58. The van der Waals surface area contributed by atoms with Crippen LogP contribution in [-0.4, -0.2) is 40.1 Å². The standard InChI is InChI=1S/C25H25N7O2S/c1-14-10-12-18(13-11-14)31-23(34)19-8-6-7-9-20(19)32-24(31)27-28-25(32)35-17(4)22(33)26-21-15(2)29-30(5)16(21)3/h6-13,17H,1-5H3,(H,26,33). The number of amides is 1. The summed E-state index contributed by atoms with van der Waals surface area (Å²) >= 11 is 1.29. The third kappa shape index (κ3) is 3.89. The van der Waals surface area contributed by atoms with Crippen molar-refractivity contribution in [1.82, 2.24) is 28.9 Å². The van der Waals surface area contributed by atoms with Gasteiger partial charge >= 0.3 is 0 Å². The number of nitrogens with zero attached hydrogens (tertiary/aromatic N) is 6. The molecule has 1 amide bonds. The lowest BCUT2D eigenvalue weighted by Gasteiger charge is -2.13. The quantitative estimate of drug-likeness (QED) is 0.379. The van der Waals surface area contributed by atoms with Crippen LogP contribution in [0.15, 0.2) is 58.5 Å². The number of rotatable bonds is 5. The van der Waals surface area contributed by atoms with Crippen LogP contribution in [0.25, 0.3) is 22.4 Å². The van der Waals surface area contributed by atoms with Gasteiger partial charge in [-0.1, -0.05) is 41.6 Å². The number of hydrogen-bond donors (Lipinski definition) is 1. The first kappa shape index (κ1) is 22.9. The smallest absolute Gasteiger partial charge is 0.267 e. The van der Waals surface area contributed by atoms with E-state index in [1.807, 2.05) is 81.6 Å². The summed E-state index contributed by atoms with van der Waals surface area (Å²) in [6.45, 7) is 7.59. The molecule has 0 aliphatic rings. The molecular formula is C25H25N7O2S. The number of para-hydroxylation sites is 1. The lowest BCUT2D eigenvalue weighted by Crippen LogP contribution is -2.24. The van der Waals surface area contributed by atoms with Crippen LogP contribution < -0.4 is 10.9 Å². The van der Waals surface area contributed by atoms with E-state index >= 15 is 0 Å². The van der Waals surface area contributed by atoms with Crippen LogP contribution in [0.3, 0.4) is 0 Å². The van der Waals surface area contributed by atoms with Crippen LogP contribution in [0.1, 0.15) is 23.9 Å². The van der Waals surface area contributed by atoms with Gasteiger partial charge in [0.1, 0.15) is 0 Å². The Morgan fingerprint density at radius 2 is 1.74 bits per heavy atom. The summed E-state index contributed by atoms with van der Waals surface area (Å²) in [4.78, 5) is 26.5. The van der Waals surface area contributed by atoms with Crippen LogP contribution in [0.5, 0.6) is 0 Å². The van der Waals surface area contributed by atoms with E-state index in [1.165, 1.54) is 11.8 Å². The summed E-state index contributed by atoms with van der Waals surface area (Å²) in [5, 5.41) is 16.7. The first-order valence-corrected chi connectivity index (χ1v) is 12.1. The van der Waals surface area contributed by atoms with E-state index < -0.39 is 5.25 Å². The Hall–Kier alpha value is -3.92. The summed E-state index contributed by atoms with van der Waals surface area (Å²) < 4.78 is 5.14. The van der Waals surface area contributed by atoms with Gasteiger partial charge in [0.15, 0.2) is 5.16 Å². The lowest BCUT2D eigenvalue weighted by molar-refractivity contribution is -0.115. The van der Waals surface area contributed by atoms with Crippen molar-refractivity contribution in [2.24, 2.45) is 7.05 Å². The number of nitrogens with one attached hydrogen (secondary N) is 1. The summed E-state index contributed by atoms with van der Waals surface area (Å²) in [7, 11) is 1.84. The number of carbonyl (C=O) groups excluding carboxylic acids is 1. The molecule has 0 fully saturated rings. The van der Waals surface area contributed by atoms with Gasteiger partial charge in [0, 0.05) is 7.05 Å². The second kappa shape index (κ2) is 8.70. The molecule has 178 valence electrons. The molecule has 0 aliphatic carbocycles. The molecule has 0 saturated heterocycles. The number of hydrogen-bond acceptors (Lipinski definition) is 6. The van der Waals surface area contributed by atoms with E-state index in [1.54, 1.807) is 15.3 Å². The number of aromatic nitrogens is 6. The molecule has 0 saturated carbocycles. The molecule has 0 radical (unpaired) electrons. The highest BCUT2D eigenvalue weighted by atomic mass is 32.2. The predicted molar refractivity (Wildman–Crippen MR) is 137 cm³/mol. The minimum absolute atomic E-state index is 0.165. The Morgan fingerprint density at radius 3 is 2.43 bits per heavy atom. The average Bonchev–Trinajstić information content (AvgIpc) is 3.36. The highest BCUT2D eigenvalue weighted by Crippen LogP contribution is 2.27. The number of thioether (sulfide) groups is 1. The molecule has 1 atom stereocenters. The summed E-state index contributed by atoms with van der Waals surface area (Å²) in [6.07, 6.45) is 0. The number of carbonyl (C=O) groups is 1. The number of fused-ring (bicyclic) bond motifs is 3. The third-order valence-electron chi connectivity index (χ3n) is 6.10. The summed E-state index contributed by atoms with van der Waals surface area (Å²) in [6, 6.07) is 15.0. The van der Waals surface area contributed by atoms with E-state index in [0.717, 1.165) is 22.6 Å². The molecule has 9 nitrogen and oxygen atoms in total. The fraction of sp³-hybridized carbons (Fsp3) is 0.240. The highest BCUT2D eigenvalue weighted by Gasteiger charge is 2.23. The highest BCUT2D eigenvalue weighted by molar-refractivity contribution is 8.00. The van der Waals surface area contributed by atoms with Crippen molar-refractivity contribution in [3.05, 3.63) is 75.8 Å². The van der Waals surface area contributed by atoms with Crippen molar-refractivity contribution >= 4 is 40.0 Å². The van der Waals surface area contributed by atoms with Gasteiger partial charge in [0.05, 0.1) is 38.9 Å². The van der Waals surface area contributed by atoms with E-state index in [0.29, 0.717) is 27.5 Å². The fourth-order valence-corrected chi connectivity index (χ4v) is 4.93. The van der Waals surface area contributed by atoms with Crippen molar-refractivity contribution in [3.63, 3.8) is 0 Å². The first-order valence-electron chi connectivity index (χ1n) is 11.2. The molecule has 0 aliphatic heterocycles. The lowest BCUT2D eigenvalue weighted by atomic mass is 10.2. The minimum atomic E-state index is -0.472. The molecule has 10 heteroatoms. The number of anilines is 1. The molecule has 35 heavy (non-hydrogen) atoms. The Labute approximate surface area is 205 Å². The molecule has 0 spiro atoms. The van der Waals surface area contributed by atoms with Crippen LogP contribution in [-0.2, 0) is 11.8 Å². The van der Waals surface area contributed by atoms with Crippen LogP contribution in [0, 0.1) is 20.8 Å². The van der Waals surface area contributed by atoms with Gasteiger partial charge in [-0.05, 0) is 52.0 Å². The molecule has 3 heterocycles. The molecule has 2 aromatic carbocycles. The van der Waals surface area contributed by atoms with Gasteiger partial charge in [0.2, 0.25) is 11.7 Å². The van der Waals surface area contributed by atoms with Crippen molar-refractivity contribution in [2.45, 2.75) is 38.1 Å². The van der Waals surface area contributed by atoms with Gasteiger partial charge in [0.25, 0.3) is 5.56 Å². The maximum absolute atomic E-state index is 13.4. The topological polar surface area (TPSA) is 99.1 Å². The van der Waals surface area contributed by atoms with Gasteiger partial charge in [-0.2, -0.15) is 5.10 Å². The minimum Gasteiger partial charge on any atom is -0.322 e. The van der Waals surface area contributed by atoms with Crippen molar-refractivity contribution in [2.75, 3.05) is 5.32 Å². The summed E-state index contributed by atoms with van der Waals surface area (Å²) in [5.41, 5.74) is 4.67. The maximum Gasteiger partial charge on any atom is 0.267 e. The van der Waals surface area contributed by atoms with Crippen molar-refractivity contribution < 1.29 is 4.79 Å². The van der Waals surface area contributed by atoms with Crippen LogP contribution >= 0.6 is 11.8 Å². The van der Waals surface area contributed by atoms with E-state index in [-0.39, 0.29) is 11.5 Å². The third-order valence-corrected chi connectivity index (χ3v) is 7.14. The Morgan fingerprint density at radius 1 is 1.03 bits per heavy atom. The SMILES string of the molecule is Cc1ccc(-n2c(=O)c3ccccc3n3c(SC(C)C(=O)Nc4c(C)nn(C)c4C)nnc23)cc1. The number of aryl methyl sites for hydroxylation is 3. The summed E-state index contributed by atoms with van der Waals surface area (Å²) in [5.74, 6) is 0.230. The Kier molecular flexibility index (Phi) is 5.68. The van der Waals surface area contributed by atoms with Crippen LogP contribution in [0.2, 0.25) is 0 Å². The van der Waals surface area contributed by atoms with Crippen LogP contribution in [0.4, 0.5) is 5.69 Å². The first-order chi connectivity index (χ1) is 16.8. The Bertz CT molecular complexity index is 1650. The maximum atomic E-state index is 13.4. The molecule has 0 bridgehead atoms. The monoisotopic (exact) mass is 487 g/mol. The molecule has 5 rings (SSSR count). The molecule has 5 aromatic rings. The predicted octanol–water partition coefficient (Wildman–Crippen LogP) is 3.81. The molecule has 1 N–H and O–H groups in total. The second-order valence-electron chi connectivity index (χ2n) is 8.53. The van der Waals surface area contributed by atoms with Crippen molar-refractivity contribution in [3.8, 4) is 5.69 Å². The zero-order chi connectivity index (χ0) is 24.9. The number of benzene rings is 2. The van der Waals surface area contributed by atoms with E-state index in [4.69, 9.17) is 0 Å². The van der Waals surface area contributed by atoms with Gasteiger partial charge in [-0.3, -0.25) is 18.7 Å². The second-order valence-corrected chi connectivity index (χ2v) is 9.84. The largest absolute Gasteiger partial charge is 0.322 e. The normalized spacial score (nSPS) is 12.4. The fourth-order valence-electron chi connectivity index (χ4n) is 4.07.